The lowest BCUT2D eigenvalue weighted by molar-refractivity contribution is 0.676. The maximum atomic E-state index is 5.59. The lowest BCUT2D eigenvalue weighted by Crippen LogP contribution is -1.95. The van der Waals surface area contributed by atoms with E-state index in [1.807, 2.05) is 18.5 Å². The molecule has 2 heterocycles. The van der Waals surface area contributed by atoms with E-state index in [2.05, 4.69) is 40.6 Å². The summed E-state index contributed by atoms with van der Waals surface area (Å²) < 4.78 is 0. The number of nitrogens with zero attached hydrogens (tertiary/aromatic N) is 2. The molecule has 3 N–H and O–H groups in total. The average Bonchev–Trinajstić information content (AvgIpc) is 2.77. The molecular weight excluding hydrogens is 224 g/mol. The minimum atomic E-state index is 0.273. The molecule has 0 spiro atoms. The first kappa shape index (κ1) is 12.2. The maximum absolute atomic E-state index is 5.59. The Balaban J connectivity index is 2.30. The van der Waals surface area contributed by atoms with Crippen LogP contribution >= 0.6 is 0 Å². The van der Waals surface area contributed by atoms with Gasteiger partial charge in [-0.25, -0.2) is 9.97 Å². The fourth-order valence-corrected chi connectivity index (χ4v) is 1.55. The van der Waals surface area contributed by atoms with Crippen molar-refractivity contribution in [2.45, 2.75) is 20.3 Å². The molecule has 2 aromatic rings. The van der Waals surface area contributed by atoms with Gasteiger partial charge in [0.2, 0.25) is 5.95 Å². The molecule has 2 aromatic heterocycles. The minimum Gasteiger partial charge on any atom is -0.368 e. The summed E-state index contributed by atoms with van der Waals surface area (Å²) in [5, 5.41) is 0. The van der Waals surface area contributed by atoms with Crippen LogP contribution in [0.15, 0.2) is 24.7 Å². The van der Waals surface area contributed by atoms with E-state index in [-0.39, 0.29) is 5.95 Å². The summed E-state index contributed by atoms with van der Waals surface area (Å²) in [5.74, 6) is 7.18. The average molecular weight is 240 g/mol. The largest absolute Gasteiger partial charge is 0.368 e. The van der Waals surface area contributed by atoms with Gasteiger partial charge in [-0.2, -0.15) is 0 Å². The van der Waals surface area contributed by atoms with Crippen LogP contribution in [0.3, 0.4) is 0 Å². The molecule has 0 bridgehead atoms. The Morgan fingerprint density at radius 2 is 2.22 bits per heavy atom. The van der Waals surface area contributed by atoms with Crippen molar-refractivity contribution in [1.82, 2.24) is 15.0 Å². The second-order valence-corrected chi connectivity index (χ2v) is 4.48. The van der Waals surface area contributed by atoms with Crippen molar-refractivity contribution in [3.8, 4) is 23.1 Å². The third-order valence-electron chi connectivity index (χ3n) is 2.43. The number of H-pyrrole nitrogens is 1. The normalized spacial score (nSPS) is 10.2. The molecule has 0 unspecified atom stereocenters. The summed E-state index contributed by atoms with van der Waals surface area (Å²) in [5.41, 5.74) is 8.27. The van der Waals surface area contributed by atoms with Crippen LogP contribution in [-0.4, -0.2) is 15.0 Å². The van der Waals surface area contributed by atoms with Gasteiger partial charge in [-0.1, -0.05) is 25.7 Å². The van der Waals surface area contributed by atoms with Crippen LogP contribution in [0.1, 0.15) is 25.8 Å². The van der Waals surface area contributed by atoms with Gasteiger partial charge in [-0.15, -0.1) is 0 Å². The number of nitrogens with two attached hydrogens (primary N) is 1. The van der Waals surface area contributed by atoms with Crippen molar-refractivity contribution < 1.29 is 0 Å². The zero-order valence-corrected chi connectivity index (χ0v) is 10.6. The lowest BCUT2D eigenvalue weighted by atomic mass is 10.1. The fraction of sp³-hybridized carbons (Fsp3) is 0.286. The molecular formula is C14H16N4. The van der Waals surface area contributed by atoms with Crippen LogP contribution < -0.4 is 5.73 Å². The number of anilines is 1. The van der Waals surface area contributed by atoms with Crippen molar-refractivity contribution in [3.63, 3.8) is 0 Å². The van der Waals surface area contributed by atoms with Gasteiger partial charge in [0.1, 0.15) is 0 Å². The van der Waals surface area contributed by atoms with Crippen molar-refractivity contribution >= 4 is 5.95 Å². The molecule has 0 amide bonds. The molecule has 0 saturated carbocycles. The highest BCUT2D eigenvalue weighted by Gasteiger charge is 2.06. The monoisotopic (exact) mass is 240 g/mol. The van der Waals surface area contributed by atoms with Gasteiger partial charge in [-0.3, -0.25) is 0 Å². The highest BCUT2D eigenvalue weighted by molar-refractivity contribution is 5.67. The first-order valence-corrected chi connectivity index (χ1v) is 5.91. The summed E-state index contributed by atoms with van der Waals surface area (Å²) in [6.45, 7) is 4.30. The van der Waals surface area contributed by atoms with Crippen LogP contribution in [0.5, 0.6) is 0 Å². The van der Waals surface area contributed by atoms with E-state index in [0.29, 0.717) is 5.92 Å². The number of hydrogen-bond acceptors (Lipinski definition) is 3. The molecule has 18 heavy (non-hydrogen) atoms. The van der Waals surface area contributed by atoms with Crippen molar-refractivity contribution in [2.75, 3.05) is 5.73 Å². The first-order chi connectivity index (χ1) is 8.66. The van der Waals surface area contributed by atoms with Crippen molar-refractivity contribution in [2.24, 2.45) is 5.92 Å². The lowest BCUT2D eigenvalue weighted by Gasteiger charge is -1.99. The van der Waals surface area contributed by atoms with Gasteiger partial charge >= 0.3 is 0 Å². The van der Waals surface area contributed by atoms with E-state index in [1.165, 1.54) is 0 Å². The highest BCUT2D eigenvalue weighted by Crippen LogP contribution is 2.20. The Morgan fingerprint density at radius 3 is 2.94 bits per heavy atom. The second kappa shape index (κ2) is 5.37. The van der Waals surface area contributed by atoms with Gasteiger partial charge in [0.15, 0.2) is 0 Å². The third kappa shape index (κ3) is 2.89. The van der Waals surface area contributed by atoms with Gasteiger partial charge in [0.25, 0.3) is 0 Å². The third-order valence-corrected chi connectivity index (χ3v) is 2.43. The van der Waals surface area contributed by atoms with Crippen LogP contribution in [-0.2, 0) is 0 Å². The van der Waals surface area contributed by atoms with Crippen LogP contribution in [0.2, 0.25) is 0 Å². The molecule has 0 atom stereocenters. The predicted octanol–water partition coefficient (Wildman–Crippen LogP) is 2.45. The maximum Gasteiger partial charge on any atom is 0.220 e. The molecule has 0 aliphatic heterocycles. The summed E-state index contributed by atoms with van der Waals surface area (Å²) in [6.07, 6.45) is 6.29. The minimum absolute atomic E-state index is 0.273. The summed E-state index contributed by atoms with van der Waals surface area (Å²) in [4.78, 5) is 11.1. The number of aromatic amines is 1. The Kier molecular flexibility index (Phi) is 3.63. The Bertz CT molecular complexity index is 587. The summed E-state index contributed by atoms with van der Waals surface area (Å²) in [7, 11) is 0. The molecule has 4 nitrogen and oxygen atoms in total. The fourth-order valence-electron chi connectivity index (χ4n) is 1.55. The topological polar surface area (TPSA) is 67.6 Å². The number of aromatic nitrogens is 3. The summed E-state index contributed by atoms with van der Waals surface area (Å²) in [6, 6.07) is 1.83. The Hall–Kier alpha value is -2.28. The van der Waals surface area contributed by atoms with E-state index in [0.717, 1.165) is 23.2 Å². The molecule has 0 aromatic carbocycles. The van der Waals surface area contributed by atoms with Gasteiger partial charge < -0.3 is 10.7 Å². The molecule has 4 heteroatoms. The predicted molar refractivity (Wildman–Crippen MR) is 72.6 cm³/mol. The molecule has 92 valence electrons. The van der Waals surface area contributed by atoms with Gasteiger partial charge in [0.05, 0.1) is 11.3 Å². The molecule has 0 aliphatic carbocycles. The number of nitrogen functional groups attached to an aromatic ring is 1. The van der Waals surface area contributed by atoms with Crippen LogP contribution in [0.4, 0.5) is 5.95 Å². The van der Waals surface area contributed by atoms with E-state index >= 15 is 0 Å². The van der Waals surface area contributed by atoms with Crippen molar-refractivity contribution in [3.05, 3.63) is 30.2 Å². The van der Waals surface area contributed by atoms with Crippen LogP contribution in [0.25, 0.3) is 11.3 Å². The highest BCUT2D eigenvalue weighted by atomic mass is 15.0. The molecule has 0 saturated heterocycles. The zero-order chi connectivity index (χ0) is 13.0. The number of rotatable bonds is 2. The standard InChI is InChI=1S/C14H16N4/c1-10(2)4-3-5-11-8-16-9-12(11)13-6-7-17-14(15)18-13/h6-10,16H,4H2,1-2H3,(H2,15,17,18). The SMILES string of the molecule is CC(C)CC#Cc1c[nH]cc1-c1ccnc(N)n1. The Morgan fingerprint density at radius 1 is 1.39 bits per heavy atom. The molecule has 2 rings (SSSR count). The van der Waals surface area contributed by atoms with E-state index in [1.54, 1.807) is 6.20 Å². The smallest absolute Gasteiger partial charge is 0.220 e. The van der Waals surface area contributed by atoms with E-state index in [9.17, 15) is 0 Å². The molecule has 0 fully saturated rings. The molecule has 0 radical (unpaired) electrons. The van der Waals surface area contributed by atoms with Gasteiger partial charge in [-0.05, 0) is 12.0 Å². The second-order valence-electron chi connectivity index (χ2n) is 4.48. The number of hydrogen-bond donors (Lipinski definition) is 2. The zero-order valence-electron chi connectivity index (χ0n) is 10.6. The van der Waals surface area contributed by atoms with E-state index in [4.69, 9.17) is 5.73 Å². The number of nitrogens with one attached hydrogen (secondary N) is 1. The molecule has 0 aliphatic rings. The first-order valence-electron chi connectivity index (χ1n) is 5.91. The van der Waals surface area contributed by atoms with Crippen LogP contribution in [0, 0.1) is 17.8 Å². The van der Waals surface area contributed by atoms with Gasteiger partial charge in [0, 0.05) is 30.6 Å². The summed E-state index contributed by atoms with van der Waals surface area (Å²) >= 11 is 0. The van der Waals surface area contributed by atoms with Crippen molar-refractivity contribution in [1.29, 1.82) is 0 Å². The quantitative estimate of drug-likeness (QED) is 0.792. The Labute approximate surface area is 107 Å². The van der Waals surface area contributed by atoms with E-state index < -0.39 is 0 Å².